The van der Waals surface area contributed by atoms with E-state index in [-0.39, 0.29) is 18.4 Å². The van der Waals surface area contributed by atoms with Crippen LogP contribution in [-0.4, -0.2) is 29.8 Å². The van der Waals surface area contributed by atoms with Crippen LogP contribution in [0.4, 0.5) is 5.69 Å². The van der Waals surface area contributed by atoms with Gasteiger partial charge >= 0.3 is 0 Å². The Hall–Kier alpha value is -1.17. The number of hydrogen-bond acceptors (Lipinski definition) is 3. The maximum absolute atomic E-state index is 12.4. The molecule has 0 spiro atoms. The third-order valence-corrected chi connectivity index (χ3v) is 4.23. The average Bonchev–Trinajstić information content (AvgIpc) is 2.62. The first-order valence-electron chi connectivity index (χ1n) is 6.51. The number of amides is 1. The molecule has 0 saturated carbocycles. The smallest absolute Gasteiger partial charge is 0.264 e. The molecular formula is C15H18BrNO3. The molecule has 2 N–H and O–H groups in total. The van der Waals surface area contributed by atoms with Gasteiger partial charge in [-0.05, 0) is 24.6 Å². The monoisotopic (exact) mass is 339 g/mol. The first kappa shape index (κ1) is 15.2. The van der Waals surface area contributed by atoms with E-state index in [2.05, 4.69) is 15.9 Å². The van der Waals surface area contributed by atoms with E-state index < -0.39 is 5.60 Å². The van der Waals surface area contributed by atoms with E-state index in [0.29, 0.717) is 12.0 Å². The fourth-order valence-electron chi connectivity index (χ4n) is 2.54. The van der Waals surface area contributed by atoms with Crippen LogP contribution in [-0.2, 0) is 10.4 Å². The molecule has 5 heteroatoms. The number of aliphatic hydroxyl groups is 2. The van der Waals surface area contributed by atoms with Gasteiger partial charge in [-0.2, -0.15) is 0 Å². The molecule has 1 amide bonds. The lowest BCUT2D eigenvalue weighted by atomic mass is 9.83. The Labute approximate surface area is 126 Å². The molecule has 1 aromatic carbocycles. The van der Waals surface area contributed by atoms with Gasteiger partial charge in [0.1, 0.15) is 0 Å². The summed E-state index contributed by atoms with van der Waals surface area (Å²) in [6.45, 7) is 1.85. The highest BCUT2D eigenvalue weighted by Crippen LogP contribution is 2.45. The minimum Gasteiger partial charge on any atom is -0.396 e. The average molecular weight is 340 g/mol. The minimum atomic E-state index is -1.56. The number of rotatable bonds is 4. The number of hydrogen-bond donors (Lipinski definition) is 2. The van der Waals surface area contributed by atoms with Gasteiger partial charge in [0.15, 0.2) is 5.60 Å². The Morgan fingerprint density at radius 1 is 1.50 bits per heavy atom. The number of nitrogens with zero attached hydrogens (tertiary/aromatic N) is 1. The first-order valence-corrected chi connectivity index (χ1v) is 7.30. The highest BCUT2D eigenvalue weighted by molar-refractivity contribution is 9.10. The molecular weight excluding hydrogens is 322 g/mol. The summed E-state index contributed by atoms with van der Waals surface area (Å²) < 4.78 is 0.823. The molecule has 0 unspecified atom stereocenters. The molecule has 1 aliphatic rings. The molecule has 1 heterocycles. The SMILES string of the molecule is C[C@@H](/C=C/CCO)[C@]1(O)C(=O)N(C)c2ccc(Br)cc21. The number of halogens is 1. The predicted molar refractivity (Wildman–Crippen MR) is 81.5 cm³/mol. The van der Waals surface area contributed by atoms with Gasteiger partial charge in [-0.25, -0.2) is 0 Å². The van der Waals surface area contributed by atoms with Crippen LogP contribution in [0.15, 0.2) is 34.8 Å². The molecule has 0 fully saturated rings. The van der Waals surface area contributed by atoms with E-state index in [1.54, 1.807) is 32.2 Å². The molecule has 0 aliphatic carbocycles. The van der Waals surface area contributed by atoms with Gasteiger partial charge in [-0.15, -0.1) is 0 Å². The summed E-state index contributed by atoms with van der Waals surface area (Å²) in [5.41, 5.74) is -0.219. The van der Waals surface area contributed by atoms with Crippen molar-refractivity contribution in [3.63, 3.8) is 0 Å². The first-order chi connectivity index (χ1) is 9.42. The van der Waals surface area contributed by atoms with Crippen molar-refractivity contribution < 1.29 is 15.0 Å². The molecule has 0 bridgehead atoms. The molecule has 0 radical (unpaired) electrons. The summed E-state index contributed by atoms with van der Waals surface area (Å²) in [7, 11) is 1.66. The predicted octanol–water partition coefficient (Wildman–Crippen LogP) is 2.19. The molecule has 20 heavy (non-hydrogen) atoms. The number of anilines is 1. The fraction of sp³-hybridized carbons (Fsp3) is 0.400. The largest absolute Gasteiger partial charge is 0.396 e. The topological polar surface area (TPSA) is 60.8 Å². The lowest BCUT2D eigenvalue weighted by molar-refractivity contribution is -0.139. The second-order valence-corrected chi connectivity index (χ2v) is 5.94. The van der Waals surface area contributed by atoms with Crippen LogP contribution in [0.25, 0.3) is 0 Å². The summed E-state index contributed by atoms with van der Waals surface area (Å²) >= 11 is 3.38. The van der Waals surface area contributed by atoms with Crippen molar-refractivity contribution >= 4 is 27.5 Å². The lowest BCUT2D eigenvalue weighted by Gasteiger charge is -2.27. The molecule has 1 aliphatic heterocycles. The molecule has 2 rings (SSSR count). The number of likely N-dealkylation sites (N-methyl/N-ethyl adjacent to an activating group) is 1. The van der Waals surface area contributed by atoms with Crippen molar-refractivity contribution in [2.24, 2.45) is 5.92 Å². The van der Waals surface area contributed by atoms with Gasteiger partial charge < -0.3 is 15.1 Å². The number of benzene rings is 1. The zero-order valence-corrected chi connectivity index (χ0v) is 13.1. The van der Waals surface area contributed by atoms with Crippen LogP contribution >= 0.6 is 15.9 Å². The fourth-order valence-corrected chi connectivity index (χ4v) is 2.90. The Morgan fingerprint density at radius 2 is 2.20 bits per heavy atom. The van der Waals surface area contributed by atoms with Crippen molar-refractivity contribution in [3.8, 4) is 0 Å². The van der Waals surface area contributed by atoms with Crippen molar-refractivity contribution in [2.75, 3.05) is 18.6 Å². The second kappa shape index (κ2) is 5.68. The van der Waals surface area contributed by atoms with Crippen LogP contribution in [0.5, 0.6) is 0 Å². The highest BCUT2D eigenvalue weighted by Gasteiger charge is 2.51. The number of carbonyl (C=O) groups is 1. The van der Waals surface area contributed by atoms with Crippen LogP contribution in [0.2, 0.25) is 0 Å². The Bertz CT molecular complexity index is 558. The van der Waals surface area contributed by atoms with Crippen LogP contribution in [0, 0.1) is 5.92 Å². The molecule has 1 aromatic rings. The quantitative estimate of drug-likeness (QED) is 0.826. The third-order valence-electron chi connectivity index (χ3n) is 3.74. The summed E-state index contributed by atoms with van der Waals surface area (Å²) in [5.74, 6) is -0.703. The standard InChI is InChI=1S/C15H18BrNO3/c1-10(5-3-4-8-18)15(20)12-9-11(16)6-7-13(12)17(2)14(15)19/h3,5-7,9-10,18,20H,4,8H2,1-2H3/b5-3+/t10-,15+/m0/s1. The number of aliphatic hydroxyl groups excluding tert-OH is 1. The van der Waals surface area contributed by atoms with Crippen molar-refractivity contribution in [3.05, 3.63) is 40.4 Å². The van der Waals surface area contributed by atoms with Crippen LogP contribution in [0.3, 0.4) is 0 Å². The maximum atomic E-state index is 12.4. The normalized spacial score (nSPS) is 23.4. The molecule has 0 saturated heterocycles. The number of carbonyl (C=O) groups excluding carboxylic acids is 1. The van der Waals surface area contributed by atoms with E-state index in [1.807, 2.05) is 12.1 Å². The molecule has 4 nitrogen and oxygen atoms in total. The van der Waals surface area contributed by atoms with E-state index >= 15 is 0 Å². The Balaban J connectivity index is 2.45. The van der Waals surface area contributed by atoms with E-state index in [4.69, 9.17) is 5.11 Å². The van der Waals surface area contributed by atoms with Gasteiger partial charge in [0, 0.05) is 29.6 Å². The molecule has 108 valence electrons. The summed E-state index contributed by atoms with van der Waals surface area (Å²) in [5, 5.41) is 19.8. The minimum absolute atomic E-state index is 0.0532. The Kier molecular flexibility index (Phi) is 4.32. The molecule has 0 aromatic heterocycles. The third kappa shape index (κ3) is 2.30. The summed E-state index contributed by atoms with van der Waals surface area (Å²) in [4.78, 5) is 13.9. The van der Waals surface area contributed by atoms with Crippen LogP contribution in [0.1, 0.15) is 18.9 Å². The van der Waals surface area contributed by atoms with Gasteiger partial charge in [-0.3, -0.25) is 4.79 Å². The zero-order valence-electron chi connectivity index (χ0n) is 11.5. The maximum Gasteiger partial charge on any atom is 0.264 e. The highest BCUT2D eigenvalue weighted by atomic mass is 79.9. The van der Waals surface area contributed by atoms with Crippen molar-refractivity contribution in [1.29, 1.82) is 0 Å². The van der Waals surface area contributed by atoms with Gasteiger partial charge in [0.2, 0.25) is 0 Å². The second-order valence-electron chi connectivity index (χ2n) is 5.02. The molecule has 2 atom stereocenters. The van der Waals surface area contributed by atoms with E-state index in [1.165, 1.54) is 4.90 Å². The zero-order chi connectivity index (χ0) is 14.9. The summed E-state index contributed by atoms with van der Waals surface area (Å²) in [6.07, 6.45) is 4.07. The van der Waals surface area contributed by atoms with Crippen molar-refractivity contribution in [1.82, 2.24) is 0 Å². The number of fused-ring (bicyclic) bond motifs is 1. The van der Waals surface area contributed by atoms with Gasteiger partial charge in [0.05, 0.1) is 5.69 Å². The van der Waals surface area contributed by atoms with Crippen LogP contribution < -0.4 is 4.90 Å². The Morgan fingerprint density at radius 3 is 2.85 bits per heavy atom. The van der Waals surface area contributed by atoms with Gasteiger partial charge in [-0.1, -0.05) is 35.0 Å². The summed E-state index contributed by atoms with van der Waals surface area (Å²) in [6, 6.07) is 5.45. The van der Waals surface area contributed by atoms with Crippen molar-refractivity contribution in [2.45, 2.75) is 18.9 Å². The van der Waals surface area contributed by atoms with E-state index in [9.17, 15) is 9.90 Å². The lowest BCUT2D eigenvalue weighted by Crippen LogP contribution is -2.43. The van der Waals surface area contributed by atoms with E-state index in [0.717, 1.165) is 10.2 Å². The van der Waals surface area contributed by atoms with Gasteiger partial charge in [0.25, 0.3) is 5.91 Å².